The minimum atomic E-state index is -0.291. The molecule has 0 atom stereocenters. The number of urea groups is 1. The first-order chi connectivity index (χ1) is 14.2. The van der Waals surface area contributed by atoms with Crippen LogP contribution in [0.4, 0.5) is 27.7 Å². The number of benzene rings is 2. The van der Waals surface area contributed by atoms with Gasteiger partial charge in [0.2, 0.25) is 0 Å². The van der Waals surface area contributed by atoms with Crippen molar-refractivity contribution in [3.63, 3.8) is 0 Å². The van der Waals surface area contributed by atoms with E-state index in [0.29, 0.717) is 17.3 Å². The van der Waals surface area contributed by atoms with Crippen LogP contribution in [0.5, 0.6) is 0 Å². The lowest BCUT2D eigenvalue weighted by molar-refractivity contribution is 0.262. The van der Waals surface area contributed by atoms with Crippen LogP contribution in [0.3, 0.4) is 0 Å². The molecule has 0 bridgehead atoms. The van der Waals surface area contributed by atoms with E-state index in [9.17, 15) is 4.79 Å². The second-order valence-corrected chi connectivity index (χ2v) is 6.33. The average molecular weight is 385 g/mol. The van der Waals surface area contributed by atoms with Gasteiger partial charge >= 0.3 is 6.03 Å². The highest BCUT2D eigenvalue weighted by Gasteiger charge is 2.05. The van der Waals surface area contributed by atoms with Crippen LogP contribution in [-0.2, 0) is 0 Å². The summed E-state index contributed by atoms with van der Waals surface area (Å²) in [5.41, 5.74) is 3.30. The van der Waals surface area contributed by atoms with Gasteiger partial charge in [-0.1, -0.05) is 18.2 Å². The Bertz CT molecular complexity index is 1110. The molecule has 4 aromatic rings. The summed E-state index contributed by atoms with van der Waals surface area (Å²) in [5, 5.41) is 8.89. The molecule has 144 valence electrons. The van der Waals surface area contributed by atoms with Crippen LogP contribution in [0.2, 0.25) is 0 Å². The minimum Gasteiger partial charge on any atom is -0.340 e. The number of amides is 2. The molecule has 0 saturated carbocycles. The van der Waals surface area contributed by atoms with E-state index in [1.807, 2.05) is 67.7 Å². The maximum atomic E-state index is 12.2. The highest BCUT2D eigenvalue weighted by molar-refractivity contribution is 6.00. The van der Waals surface area contributed by atoms with Crippen LogP contribution >= 0.6 is 0 Å². The summed E-state index contributed by atoms with van der Waals surface area (Å²) < 4.78 is 1.80. The zero-order valence-corrected chi connectivity index (χ0v) is 15.7. The summed E-state index contributed by atoms with van der Waals surface area (Å²) in [6.07, 6.45) is 6.67. The lowest BCUT2D eigenvalue weighted by Crippen LogP contribution is -2.19. The van der Waals surface area contributed by atoms with Gasteiger partial charge in [0, 0.05) is 35.5 Å². The zero-order valence-electron chi connectivity index (χ0n) is 15.7. The molecule has 2 aromatic carbocycles. The molecule has 0 aliphatic rings. The largest absolute Gasteiger partial charge is 0.340 e. The molecule has 0 unspecified atom stereocenters. The smallest absolute Gasteiger partial charge is 0.323 e. The molecule has 3 N–H and O–H groups in total. The number of nitrogens with zero attached hydrogens (tertiary/aromatic N) is 4. The van der Waals surface area contributed by atoms with E-state index in [2.05, 4.69) is 30.9 Å². The molecule has 4 rings (SSSR count). The fraction of sp³-hybridized carbons (Fsp3) is 0.0476. The number of hydrogen-bond acceptors (Lipinski definition) is 5. The molecule has 2 amide bonds. The van der Waals surface area contributed by atoms with Crippen molar-refractivity contribution in [2.24, 2.45) is 0 Å². The van der Waals surface area contributed by atoms with E-state index in [1.165, 1.54) is 6.33 Å². The Balaban J connectivity index is 1.39. The Morgan fingerprint density at radius 1 is 0.966 bits per heavy atom. The number of rotatable bonds is 5. The van der Waals surface area contributed by atoms with Crippen LogP contribution in [0.25, 0.3) is 5.82 Å². The molecular weight excluding hydrogens is 366 g/mol. The third-order valence-electron chi connectivity index (χ3n) is 4.23. The van der Waals surface area contributed by atoms with Crippen molar-refractivity contribution in [2.45, 2.75) is 6.92 Å². The Hall–Kier alpha value is -4.20. The van der Waals surface area contributed by atoms with Gasteiger partial charge in [-0.2, -0.15) is 0 Å². The standard InChI is InChI=1S/C21H19N7O/c1-15-4-2-3-5-18(15)27-21(29)26-17-8-6-16(7-9-17)25-19-12-20(24-13-23-19)28-11-10-22-14-28/h2-14H,1H3,(H,23,24,25)(H2,26,27,29). The molecule has 8 nitrogen and oxygen atoms in total. The monoisotopic (exact) mass is 385 g/mol. The van der Waals surface area contributed by atoms with Crippen molar-refractivity contribution >= 4 is 28.9 Å². The molecule has 0 aliphatic carbocycles. The number of para-hydroxylation sites is 1. The highest BCUT2D eigenvalue weighted by Crippen LogP contribution is 2.19. The van der Waals surface area contributed by atoms with E-state index in [0.717, 1.165) is 16.9 Å². The number of anilines is 4. The first-order valence-corrected chi connectivity index (χ1v) is 8.98. The Labute approximate surface area is 167 Å². The topological polar surface area (TPSA) is 96.8 Å². The van der Waals surface area contributed by atoms with Crippen molar-refractivity contribution in [3.8, 4) is 5.82 Å². The van der Waals surface area contributed by atoms with E-state index < -0.39 is 0 Å². The van der Waals surface area contributed by atoms with Crippen molar-refractivity contribution in [3.05, 3.63) is 85.2 Å². The molecule has 8 heteroatoms. The molecule has 29 heavy (non-hydrogen) atoms. The number of aryl methyl sites for hydroxylation is 1. The molecule has 2 aromatic heterocycles. The Morgan fingerprint density at radius 3 is 2.52 bits per heavy atom. The van der Waals surface area contributed by atoms with Gasteiger partial charge in [0.15, 0.2) is 0 Å². The van der Waals surface area contributed by atoms with Crippen LogP contribution < -0.4 is 16.0 Å². The molecular formula is C21H19N7O. The number of hydrogen-bond donors (Lipinski definition) is 3. The predicted octanol–water partition coefficient (Wildman–Crippen LogP) is 4.36. The minimum absolute atomic E-state index is 0.291. The van der Waals surface area contributed by atoms with Gasteiger partial charge in [-0.05, 0) is 42.8 Å². The summed E-state index contributed by atoms with van der Waals surface area (Å²) in [5.74, 6) is 1.37. The molecule has 0 fully saturated rings. The van der Waals surface area contributed by atoms with Crippen LogP contribution in [0, 0.1) is 6.92 Å². The van der Waals surface area contributed by atoms with E-state index in [1.54, 1.807) is 17.1 Å². The van der Waals surface area contributed by atoms with Gasteiger partial charge in [0.1, 0.15) is 24.3 Å². The number of aromatic nitrogens is 4. The quantitative estimate of drug-likeness (QED) is 0.474. The molecule has 2 heterocycles. The second-order valence-electron chi connectivity index (χ2n) is 6.33. The molecule has 0 aliphatic heterocycles. The van der Waals surface area contributed by atoms with Gasteiger partial charge in [0.25, 0.3) is 0 Å². The lowest BCUT2D eigenvalue weighted by Gasteiger charge is -2.11. The van der Waals surface area contributed by atoms with E-state index in [-0.39, 0.29) is 6.03 Å². The molecule has 0 spiro atoms. The number of carbonyl (C=O) groups is 1. The average Bonchev–Trinajstić information content (AvgIpc) is 3.26. The van der Waals surface area contributed by atoms with Crippen LogP contribution in [-0.4, -0.2) is 25.6 Å². The fourth-order valence-electron chi connectivity index (χ4n) is 2.73. The lowest BCUT2D eigenvalue weighted by atomic mass is 10.2. The van der Waals surface area contributed by atoms with E-state index >= 15 is 0 Å². The first kappa shape index (κ1) is 18.2. The normalized spacial score (nSPS) is 10.4. The van der Waals surface area contributed by atoms with Gasteiger partial charge in [-0.3, -0.25) is 4.57 Å². The predicted molar refractivity (Wildman–Crippen MR) is 113 cm³/mol. The fourth-order valence-corrected chi connectivity index (χ4v) is 2.73. The number of imidazole rings is 1. The summed E-state index contributed by atoms with van der Waals surface area (Å²) in [6, 6.07) is 16.5. The van der Waals surface area contributed by atoms with Crippen molar-refractivity contribution in [1.29, 1.82) is 0 Å². The summed E-state index contributed by atoms with van der Waals surface area (Å²) >= 11 is 0. The maximum Gasteiger partial charge on any atom is 0.323 e. The third kappa shape index (κ3) is 4.56. The highest BCUT2D eigenvalue weighted by atomic mass is 16.2. The first-order valence-electron chi connectivity index (χ1n) is 8.98. The summed E-state index contributed by atoms with van der Waals surface area (Å²) in [4.78, 5) is 24.7. The van der Waals surface area contributed by atoms with Gasteiger partial charge in [-0.25, -0.2) is 19.7 Å². The van der Waals surface area contributed by atoms with Gasteiger partial charge in [0.05, 0.1) is 0 Å². The van der Waals surface area contributed by atoms with Crippen LogP contribution in [0.15, 0.2) is 79.6 Å². The summed E-state index contributed by atoms with van der Waals surface area (Å²) in [7, 11) is 0. The van der Waals surface area contributed by atoms with Crippen molar-refractivity contribution in [1.82, 2.24) is 19.5 Å². The van der Waals surface area contributed by atoms with Crippen LogP contribution in [0.1, 0.15) is 5.56 Å². The van der Waals surface area contributed by atoms with Crippen molar-refractivity contribution < 1.29 is 4.79 Å². The Kier molecular flexibility index (Phi) is 5.15. The maximum absolute atomic E-state index is 12.2. The molecule has 0 radical (unpaired) electrons. The molecule has 0 saturated heterocycles. The number of nitrogens with one attached hydrogen (secondary N) is 3. The SMILES string of the molecule is Cc1ccccc1NC(=O)Nc1ccc(Nc2cc(-n3ccnc3)ncn2)cc1. The van der Waals surface area contributed by atoms with E-state index in [4.69, 9.17) is 0 Å². The van der Waals surface area contributed by atoms with Gasteiger partial charge in [-0.15, -0.1) is 0 Å². The third-order valence-corrected chi connectivity index (χ3v) is 4.23. The van der Waals surface area contributed by atoms with Crippen molar-refractivity contribution in [2.75, 3.05) is 16.0 Å². The second kappa shape index (κ2) is 8.22. The van der Waals surface area contributed by atoms with Gasteiger partial charge < -0.3 is 16.0 Å². The summed E-state index contributed by atoms with van der Waals surface area (Å²) in [6.45, 7) is 1.95. The number of carbonyl (C=O) groups excluding carboxylic acids is 1. The zero-order chi connectivity index (χ0) is 20.1. The Morgan fingerprint density at radius 2 is 1.76 bits per heavy atom.